The molecule has 10 heavy (non-hydrogen) atoms. The molecule has 0 spiro atoms. The largest absolute Gasteiger partial charge is 0.465 e. The lowest BCUT2D eigenvalue weighted by Crippen LogP contribution is -2.11. The number of rotatable bonds is 2. The van der Waals surface area contributed by atoms with E-state index in [-0.39, 0.29) is 11.9 Å². The van der Waals surface area contributed by atoms with Crippen LogP contribution in [0.25, 0.3) is 0 Å². The number of ether oxygens (including phenoxy) is 1. The minimum absolute atomic E-state index is 0.0493. The maximum Gasteiger partial charge on any atom is 0.309 e. The summed E-state index contributed by atoms with van der Waals surface area (Å²) in [4.78, 5) is 10.8. The number of esters is 1. The summed E-state index contributed by atoms with van der Waals surface area (Å²) in [6.07, 6.45) is 0.982. The predicted octanol–water partition coefficient (Wildman–Crippen LogP) is 1.12. The van der Waals surface area contributed by atoms with E-state index in [1.807, 2.05) is 6.92 Å². The normalized spacial score (nSPS) is 32.4. The second-order valence-electron chi connectivity index (χ2n) is 2.69. The maximum absolute atomic E-state index is 10.8. The first kappa shape index (κ1) is 7.92. The quantitative estimate of drug-likeness (QED) is 0.484. The predicted molar refractivity (Wildman–Crippen MR) is 42.1 cm³/mol. The fourth-order valence-corrected chi connectivity index (χ4v) is 1.49. The molecule has 1 rings (SSSR count). The van der Waals surface area contributed by atoms with Crippen LogP contribution in [0.4, 0.5) is 0 Å². The minimum atomic E-state index is -0.0493. The molecule has 0 radical (unpaired) electrons. The summed E-state index contributed by atoms with van der Waals surface area (Å²) in [5, 5.41) is 0. The van der Waals surface area contributed by atoms with Crippen LogP contribution in [-0.4, -0.2) is 18.3 Å². The van der Waals surface area contributed by atoms with E-state index < -0.39 is 0 Å². The molecule has 0 aromatic carbocycles. The average molecular weight is 160 g/mol. The van der Waals surface area contributed by atoms with Gasteiger partial charge in [-0.25, -0.2) is 0 Å². The Morgan fingerprint density at radius 3 is 2.90 bits per heavy atom. The highest BCUT2D eigenvalue weighted by Crippen LogP contribution is 2.24. The molecule has 58 valence electrons. The molecule has 0 saturated carbocycles. The zero-order chi connectivity index (χ0) is 7.56. The molecule has 1 saturated heterocycles. The lowest BCUT2D eigenvalue weighted by molar-refractivity contribution is -0.140. The van der Waals surface area contributed by atoms with Gasteiger partial charge in [-0.2, -0.15) is 12.6 Å². The van der Waals surface area contributed by atoms with Crippen LogP contribution in [0.5, 0.6) is 0 Å². The molecule has 0 aromatic heterocycles. The molecule has 0 amide bonds. The minimum Gasteiger partial charge on any atom is -0.465 e. The number of thiol groups is 1. The SMILES string of the molecule is CC1C(=O)OCC1CCS. The number of carbonyl (C=O) groups excluding carboxylic acids is 1. The molecular weight excluding hydrogens is 148 g/mol. The molecule has 2 unspecified atom stereocenters. The zero-order valence-corrected chi connectivity index (χ0v) is 6.93. The molecule has 0 N–H and O–H groups in total. The van der Waals surface area contributed by atoms with E-state index in [2.05, 4.69) is 12.6 Å². The summed E-state index contributed by atoms with van der Waals surface area (Å²) in [6.45, 7) is 2.52. The number of carbonyl (C=O) groups is 1. The van der Waals surface area contributed by atoms with Gasteiger partial charge in [-0.15, -0.1) is 0 Å². The average Bonchev–Trinajstić information content (AvgIpc) is 2.20. The van der Waals surface area contributed by atoms with E-state index >= 15 is 0 Å². The van der Waals surface area contributed by atoms with E-state index in [0.717, 1.165) is 12.2 Å². The zero-order valence-electron chi connectivity index (χ0n) is 6.04. The van der Waals surface area contributed by atoms with Crippen LogP contribution in [0.15, 0.2) is 0 Å². The third kappa shape index (κ3) is 1.45. The molecule has 1 aliphatic heterocycles. The Balaban J connectivity index is 2.41. The van der Waals surface area contributed by atoms with Crippen molar-refractivity contribution < 1.29 is 9.53 Å². The van der Waals surface area contributed by atoms with Crippen LogP contribution < -0.4 is 0 Å². The standard InChI is InChI=1S/C7H12O2S/c1-5-6(2-3-10)4-9-7(5)8/h5-6,10H,2-4H2,1H3. The van der Waals surface area contributed by atoms with Gasteiger partial charge in [-0.3, -0.25) is 4.79 Å². The van der Waals surface area contributed by atoms with Crippen molar-refractivity contribution in [3.05, 3.63) is 0 Å². The van der Waals surface area contributed by atoms with Crippen molar-refractivity contribution in [2.45, 2.75) is 13.3 Å². The van der Waals surface area contributed by atoms with Crippen LogP contribution in [0.1, 0.15) is 13.3 Å². The summed E-state index contributed by atoms with van der Waals surface area (Å²) < 4.78 is 4.86. The molecule has 3 heteroatoms. The van der Waals surface area contributed by atoms with Crippen LogP contribution in [-0.2, 0) is 9.53 Å². The topological polar surface area (TPSA) is 26.3 Å². The molecule has 2 atom stereocenters. The molecule has 0 bridgehead atoms. The van der Waals surface area contributed by atoms with Gasteiger partial charge in [-0.05, 0) is 12.2 Å². The molecule has 1 fully saturated rings. The third-order valence-electron chi connectivity index (χ3n) is 2.02. The molecule has 1 heterocycles. The van der Waals surface area contributed by atoms with Crippen molar-refractivity contribution in [3.8, 4) is 0 Å². The Hall–Kier alpha value is -0.180. The highest BCUT2D eigenvalue weighted by molar-refractivity contribution is 7.80. The molecule has 2 nitrogen and oxygen atoms in total. The van der Waals surface area contributed by atoms with Crippen molar-refractivity contribution in [1.82, 2.24) is 0 Å². The number of hydrogen-bond donors (Lipinski definition) is 1. The summed E-state index contributed by atoms with van der Waals surface area (Å²) in [7, 11) is 0. The first-order valence-corrected chi connectivity index (χ1v) is 4.16. The lowest BCUT2D eigenvalue weighted by atomic mass is 9.95. The first-order chi connectivity index (χ1) is 4.75. The smallest absolute Gasteiger partial charge is 0.309 e. The van der Waals surface area contributed by atoms with Crippen molar-refractivity contribution in [2.75, 3.05) is 12.4 Å². The fourth-order valence-electron chi connectivity index (χ4n) is 1.16. The van der Waals surface area contributed by atoms with E-state index in [4.69, 9.17) is 4.74 Å². The monoisotopic (exact) mass is 160 g/mol. The Morgan fingerprint density at radius 2 is 2.50 bits per heavy atom. The Morgan fingerprint density at radius 1 is 1.80 bits per heavy atom. The van der Waals surface area contributed by atoms with Crippen molar-refractivity contribution in [3.63, 3.8) is 0 Å². The first-order valence-electron chi connectivity index (χ1n) is 3.53. The van der Waals surface area contributed by atoms with Gasteiger partial charge >= 0.3 is 5.97 Å². The van der Waals surface area contributed by atoms with Gasteiger partial charge in [0.1, 0.15) is 0 Å². The van der Waals surface area contributed by atoms with Gasteiger partial charge in [0.15, 0.2) is 0 Å². The van der Waals surface area contributed by atoms with Gasteiger partial charge in [-0.1, -0.05) is 6.92 Å². The second-order valence-corrected chi connectivity index (χ2v) is 3.14. The van der Waals surface area contributed by atoms with Gasteiger partial charge in [0.05, 0.1) is 12.5 Å². The van der Waals surface area contributed by atoms with E-state index in [9.17, 15) is 4.79 Å². The van der Waals surface area contributed by atoms with Gasteiger partial charge in [0, 0.05) is 5.92 Å². The summed E-state index contributed by atoms with van der Waals surface area (Å²) in [6, 6.07) is 0. The van der Waals surface area contributed by atoms with Crippen molar-refractivity contribution in [2.24, 2.45) is 11.8 Å². The Bertz CT molecular complexity index is 136. The highest BCUT2D eigenvalue weighted by atomic mass is 32.1. The maximum atomic E-state index is 10.8. The number of hydrogen-bond acceptors (Lipinski definition) is 3. The van der Waals surface area contributed by atoms with Crippen LogP contribution in [0.2, 0.25) is 0 Å². The Labute approximate surface area is 66.4 Å². The molecule has 0 aliphatic carbocycles. The fraction of sp³-hybridized carbons (Fsp3) is 0.857. The third-order valence-corrected chi connectivity index (χ3v) is 2.28. The van der Waals surface area contributed by atoms with Crippen LogP contribution in [0, 0.1) is 11.8 Å². The number of cyclic esters (lactones) is 1. The molecular formula is C7H12O2S. The van der Waals surface area contributed by atoms with E-state index in [1.165, 1.54) is 0 Å². The summed E-state index contributed by atoms with van der Waals surface area (Å²) >= 11 is 4.10. The summed E-state index contributed by atoms with van der Waals surface area (Å²) in [5.41, 5.74) is 0. The van der Waals surface area contributed by atoms with E-state index in [1.54, 1.807) is 0 Å². The van der Waals surface area contributed by atoms with E-state index in [0.29, 0.717) is 12.5 Å². The van der Waals surface area contributed by atoms with Gasteiger partial charge in [0.25, 0.3) is 0 Å². The lowest BCUT2D eigenvalue weighted by Gasteiger charge is -2.06. The van der Waals surface area contributed by atoms with Gasteiger partial charge < -0.3 is 4.74 Å². The van der Waals surface area contributed by atoms with Crippen LogP contribution >= 0.6 is 12.6 Å². The van der Waals surface area contributed by atoms with Crippen LogP contribution in [0.3, 0.4) is 0 Å². The second kappa shape index (κ2) is 3.28. The Kier molecular flexibility index (Phi) is 2.60. The summed E-state index contributed by atoms with van der Waals surface area (Å²) in [5.74, 6) is 1.29. The highest BCUT2D eigenvalue weighted by Gasteiger charge is 2.31. The molecule has 1 aliphatic rings. The molecule has 0 aromatic rings. The van der Waals surface area contributed by atoms with Crippen molar-refractivity contribution in [1.29, 1.82) is 0 Å². The van der Waals surface area contributed by atoms with Gasteiger partial charge in [0.2, 0.25) is 0 Å². The van der Waals surface area contributed by atoms with Crippen molar-refractivity contribution >= 4 is 18.6 Å².